The number of aliphatic hydroxyl groups excluding tert-OH is 1. The molecule has 0 aliphatic carbocycles. The summed E-state index contributed by atoms with van der Waals surface area (Å²) < 4.78 is 48.0. The molecule has 16 heterocycles. The number of hydrogen-bond donors (Lipinski definition) is 5. The van der Waals surface area contributed by atoms with Crippen molar-refractivity contribution in [2.24, 2.45) is 0 Å². The fourth-order valence-corrected chi connectivity index (χ4v) is 18.7. The zero-order valence-corrected chi connectivity index (χ0v) is 75.2. The van der Waals surface area contributed by atoms with Gasteiger partial charge in [0, 0.05) is 108 Å². The van der Waals surface area contributed by atoms with E-state index in [2.05, 4.69) is 97.3 Å². The van der Waals surface area contributed by atoms with Crippen LogP contribution in [0.3, 0.4) is 0 Å². The van der Waals surface area contributed by atoms with E-state index in [0.717, 1.165) is 199 Å². The average Bonchev–Trinajstić information content (AvgIpc) is 1.63. The lowest BCUT2D eigenvalue weighted by Crippen LogP contribution is -2.52. The quantitative estimate of drug-likeness (QED) is 0.0362. The van der Waals surface area contributed by atoms with Crippen LogP contribution in [0.4, 0.5) is 46.4 Å². The molecule has 0 radical (unpaired) electrons. The number of pyridine rings is 2. The molecule has 33 nitrogen and oxygen atoms in total. The second-order valence-corrected chi connectivity index (χ2v) is 34.5. The van der Waals surface area contributed by atoms with E-state index in [1.165, 1.54) is 26.8 Å². The van der Waals surface area contributed by atoms with Crippen LogP contribution in [0.25, 0.3) is 34.1 Å². The van der Waals surface area contributed by atoms with Crippen molar-refractivity contribution in [2.75, 3.05) is 118 Å². The number of nitrogens with one attached hydrogen (secondary N) is 4. The Hall–Kier alpha value is -15.5. The van der Waals surface area contributed by atoms with Crippen LogP contribution in [0, 0.1) is 47.2 Å². The number of aliphatic hydroxyl groups is 1. The lowest BCUT2D eigenvalue weighted by molar-refractivity contribution is -0.138. The monoisotopic (exact) mass is 1850 g/mol. The molecule has 35 heteroatoms. The summed E-state index contributed by atoms with van der Waals surface area (Å²) in [5.41, 5.74) is 11.8. The minimum absolute atomic E-state index is 0.0646. The first-order chi connectivity index (χ1) is 66.8. The molecule has 21 rings (SSSR count). The molecule has 6 aromatic heterocycles. The van der Waals surface area contributed by atoms with Gasteiger partial charge in [0.05, 0.1) is 62.0 Å². The number of fused-ring (bicyclic) bond motifs is 2. The number of imide groups is 3. The molecule has 137 heavy (non-hydrogen) atoms. The third-order valence-electron chi connectivity index (χ3n) is 25.8. The maximum absolute atomic E-state index is 14.1. The standard InChI is InChI=1S/C42H40FN9O4.C25H26FN7.C18H18N2O4.C17H16N2O5/c43-31-7-1-6-30(25-31)33-9-4-20-50(33)39-17-16-37-44-26-35(52(37)47-39)32-8-2-10-38(45-32)49-23-21-48(22-24-49)19-3-5-28-11-13-29(14-12-28)36-27-51(42(55)56-36)34-15-18-40(53)46-41(34)54;26-19-5-1-4-18(16-19)21-7-3-13-32(21)25-10-9-23-28-17-22(33(23)30-25)20-6-2-8-24(29-20)31-14-11-27-12-15-31;1-2-3-4-12-5-7-13(8-6-12)15-11-20(18(23)24-15)14-9-10-16(21)19-17(14)22;20-9-1-2-11-3-5-12(6-4-11)14-10-19(17(23)24-14)13-7-8-15(21)18-16(13)22/h1-2,6-8,10-14,16-17,25-26,33-34,36H,4,9,15,18-24,27H2,(H,46,53,54);1-2,4-6,8-10,16-17,21,27H,3,7,11-15H2;5-8,14-15H,2,9-11H2,1H3,(H,19,21,22);3-6,13-14,20H,7-10H2,(H,18,21,22)/t33-,34?,36-;21-;14?,15-;13?,14-/m1111/s1. The van der Waals surface area contributed by atoms with Crippen molar-refractivity contribution in [3.63, 3.8) is 0 Å². The highest BCUT2D eigenvalue weighted by Crippen LogP contribution is 2.40. The number of carbonyl (C=O) groups is 9. The minimum atomic E-state index is -0.696. The minimum Gasteiger partial charge on any atom is -0.439 e. The number of aromatic nitrogens is 8. The Kier molecular flexibility index (Phi) is 28.2. The molecule has 9 amide bonds. The predicted molar refractivity (Wildman–Crippen MR) is 501 cm³/mol. The average molecular weight is 1850 g/mol. The van der Waals surface area contributed by atoms with E-state index in [1.54, 1.807) is 48.5 Å². The Morgan fingerprint density at radius 2 is 0.796 bits per heavy atom. The first-order valence-electron chi connectivity index (χ1n) is 46.2. The summed E-state index contributed by atoms with van der Waals surface area (Å²) >= 11 is 0. The van der Waals surface area contributed by atoms with Crippen LogP contribution < -0.4 is 40.9 Å². The Labute approximate surface area is 788 Å². The zero-order chi connectivity index (χ0) is 94.6. The van der Waals surface area contributed by atoms with Crippen LogP contribution in [-0.4, -0.2) is 234 Å². The number of ether oxygens (including phenoxy) is 3. The maximum atomic E-state index is 14.1. The number of carbonyl (C=O) groups excluding carboxylic acids is 9. The summed E-state index contributed by atoms with van der Waals surface area (Å²) in [6, 6.07) is 54.4. The Balaban J connectivity index is 0.000000131. The van der Waals surface area contributed by atoms with Crippen molar-refractivity contribution in [1.29, 1.82) is 0 Å². The number of amides is 9. The topological polar surface area (TPSA) is 362 Å². The number of piperazine rings is 2. The van der Waals surface area contributed by atoms with Gasteiger partial charge in [0.25, 0.3) is 0 Å². The van der Waals surface area contributed by atoms with Gasteiger partial charge in [-0.15, -0.1) is 10.2 Å². The molecule has 0 bridgehead atoms. The highest BCUT2D eigenvalue weighted by molar-refractivity contribution is 6.03. The Morgan fingerprint density at radius 1 is 0.401 bits per heavy atom. The third-order valence-corrected chi connectivity index (χ3v) is 25.8. The van der Waals surface area contributed by atoms with Gasteiger partial charge < -0.3 is 44.2 Å². The molecule has 11 aromatic rings. The Bertz CT molecular complexity index is 6460. The summed E-state index contributed by atoms with van der Waals surface area (Å²) in [5.74, 6) is 18.8. The van der Waals surface area contributed by atoms with Crippen molar-refractivity contribution in [1.82, 2.24) is 80.0 Å². The summed E-state index contributed by atoms with van der Waals surface area (Å²) in [7, 11) is 0. The number of nitrogens with zero attached hydrogens (tertiary/aromatic N) is 16. The molecule has 0 spiro atoms. The summed E-state index contributed by atoms with van der Waals surface area (Å²) in [6.07, 6.45) is 6.99. The van der Waals surface area contributed by atoms with Crippen molar-refractivity contribution in [3.05, 3.63) is 251 Å². The van der Waals surface area contributed by atoms with Crippen LogP contribution >= 0.6 is 0 Å². The number of anilines is 4. The van der Waals surface area contributed by atoms with Gasteiger partial charge in [-0.3, -0.25) is 64.3 Å². The number of benzene rings is 5. The van der Waals surface area contributed by atoms with Gasteiger partial charge >= 0.3 is 18.3 Å². The fraction of sp³-hybridized carbons (Fsp3) is 0.343. The Morgan fingerprint density at radius 3 is 1.19 bits per heavy atom. The first-order valence-corrected chi connectivity index (χ1v) is 46.2. The van der Waals surface area contributed by atoms with Crippen LogP contribution in [-0.2, 0) is 43.0 Å². The molecule has 5 aromatic carbocycles. The van der Waals surface area contributed by atoms with Crippen molar-refractivity contribution < 1.29 is 71.2 Å². The lowest BCUT2D eigenvalue weighted by Gasteiger charge is -2.34. The van der Waals surface area contributed by atoms with E-state index in [0.29, 0.717) is 32.4 Å². The van der Waals surface area contributed by atoms with Crippen molar-refractivity contribution in [2.45, 2.75) is 126 Å². The molecular weight excluding hydrogens is 1750 g/mol. The smallest absolute Gasteiger partial charge is 0.411 e. The highest BCUT2D eigenvalue weighted by atomic mass is 19.1. The van der Waals surface area contributed by atoms with E-state index in [1.807, 2.05) is 144 Å². The van der Waals surface area contributed by atoms with Crippen LogP contribution in [0.2, 0.25) is 0 Å². The van der Waals surface area contributed by atoms with Crippen LogP contribution in [0.5, 0.6) is 0 Å². The van der Waals surface area contributed by atoms with E-state index < -0.39 is 72.4 Å². The van der Waals surface area contributed by atoms with Crippen LogP contribution in [0.1, 0.15) is 152 Å². The van der Waals surface area contributed by atoms with E-state index in [4.69, 9.17) is 39.5 Å². The van der Waals surface area contributed by atoms with E-state index in [9.17, 15) is 51.9 Å². The summed E-state index contributed by atoms with van der Waals surface area (Å²) in [5, 5.41) is 28.9. The number of hydrogen-bond acceptors (Lipinski definition) is 25. The predicted octanol–water partition coefficient (Wildman–Crippen LogP) is 10.5. The van der Waals surface area contributed by atoms with E-state index >= 15 is 0 Å². The van der Waals surface area contributed by atoms with Crippen LogP contribution in [0.15, 0.2) is 194 Å². The molecule has 5 N–H and O–H groups in total. The molecule has 700 valence electrons. The molecular formula is C102H100F2N20O13. The number of imidazole rings is 2. The second-order valence-electron chi connectivity index (χ2n) is 34.5. The molecule has 10 saturated heterocycles. The highest BCUT2D eigenvalue weighted by Gasteiger charge is 2.46. The molecule has 0 saturated carbocycles. The SMILES string of the molecule is CCC#Cc1ccc([C@H]2CN(C3CCC(=O)NC3=O)C(=O)O2)cc1.Fc1cccc([C@H]2CCCN2c2ccc3ncc(-c4cccc(N5CCNCC5)n4)n3n2)c1.O=C1CCC(N2C[C@H](c3ccc(C#CCN4CCN(c5cccc(-c6cnc7ccc(N8CCC[C@@H]8c8cccc(F)c8)nn67)n5)CC4)cc3)OC2=O)C(=O)N1.O=C1CCC(N2C[C@H](c3ccc(C#CCO)cc3)OC2=O)C(=O)N1. The number of halogens is 2. The van der Waals surface area contributed by atoms with Gasteiger partial charge in [0.15, 0.2) is 11.3 Å². The van der Waals surface area contributed by atoms with E-state index in [-0.39, 0.29) is 80.4 Å². The summed E-state index contributed by atoms with van der Waals surface area (Å²) in [6.45, 7) is 12.1. The first kappa shape index (κ1) is 92.0. The fourth-order valence-electron chi connectivity index (χ4n) is 18.7. The number of rotatable bonds is 15. The second kappa shape index (κ2) is 42.0. The van der Waals surface area contributed by atoms with Gasteiger partial charge in [-0.1, -0.05) is 115 Å². The van der Waals surface area contributed by atoms with Gasteiger partial charge in [-0.25, -0.2) is 52.1 Å². The molecule has 10 aliphatic rings. The maximum Gasteiger partial charge on any atom is 0.411 e. The van der Waals surface area contributed by atoms with Gasteiger partial charge in [-0.2, -0.15) is 0 Å². The molecule has 8 atom stereocenters. The van der Waals surface area contributed by atoms with Gasteiger partial charge in [0.1, 0.15) is 89.3 Å². The molecule has 10 fully saturated rings. The van der Waals surface area contributed by atoms with Gasteiger partial charge in [0.2, 0.25) is 35.4 Å². The largest absolute Gasteiger partial charge is 0.439 e. The third kappa shape index (κ3) is 21.3. The zero-order valence-electron chi connectivity index (χ0n) is 75.2. The van der Waals surface area contributed by atoms with Crippen molar-refractivity contribution >= 4 is 88.3 Å². The number of piperidine rings is 3. The summed E-state index contributed by atoms with van der Waals surface area (Å²) in [4.78, 5) is 142. The lowest BCUT2D eigenvalue weighted by atomic mass is 10.0. The molecule has 10 aliphatic heterocycles. The van der Waals surface area contributed by atoms with Crippen molar-refractivity contribution in [3.8, 4) is 58.3 Å². The van der Waals surface area contributed by atoms with Gasteiger partial charge in [-0.05, 0) is 182 Å². The normalized spacial score (nSPS) is 21.6. The molecule has 3 unspecified atom stereocenters. The number of cyclic esters (lactones) is 3.